The monoisotopic (exact) mass is 1440 g/mol. The zero-order valence-electron chi connectivity index (χ0n) is 63.9. The van der Waals surface area contributed by atoms with E-state index in [1.54, 1.807) is 0 Å². The molecule has 3 heterocycles. The van der Waals surface area contributed by atoms with Gasteiger partial charge in [-0.15, -0.1) is 0 Å². The second kappa shape index (κ2) is 63.2. The number of carbonyl (C=O) groups excluding carboxylic acids is 1. The van der Waals surface area contributed by atoms with Gasteiger partial charge in [0.25, 0.3) is 0 Å². The maximum Gasteiger partial charge on any atom is 0.220 e. The van der Waals surface area contributed by atoms with Crippen molar-refractivity contribution in [3.63, 3.8) is 0 Å². The van der Waals surface area contributed by atoms with Gasteiger partial charge in [-0.3, -0.25) is 4.79 Å². The molecule has 3 fully saturated rings. The van der Waals surface area contributed by atoms with Gasteiger partial charge in [0, 0.05) is 6.42 Å². The largest absolute Gasteiger partial charge is 0.394 e. The highest BCUT2D eigenvalue weighted by molar-refractivity contribution is 5.76. The first-order valence-corrected chi connectivity index (χ1v) is 42.1. The molecule has 19 nitrogen and oxygen atoms in total. The Labute approximate surface area is 613 Å². The summed E-state index contributed by atoms with van der Waals surface area (Å²) in [6, 6.07) is -0.884. The summed E-state index contributed by atoms with van der Waals surface area (Å²) in [7, 11) is 0. The van der Waals surface area contributed by atoms with Gasteiger partial charge in [-0.25, -0.2) is 0 Å². The fourth-order valence-electron chi connectivity index (χ4n) is 14.5. The normalized spacial score (nSPS) is 26.4. The van der Waals surface area contributed by atoms with Crippen LogP contribution in [0.2, 0.25) is 0 Å². The molecule has 12 N–H and O–H groups in total. The van der Waals surface area contributed by atoms with Crippen molar-refractivity contribution in [3.05, 3.63) is 24.3 Å². The standard InChI is InChI=1S/C82H155NO18/c1-3-5-7-9-11-13-15-17-19-20-21-22-23-24-25-26-27-28-29-30-31-32-33-34-35-36-37-38-39-40-41-42-43-44-46-48-50-52-54-56-58-60-70(88)83-65(66(87)59-57-55-53-51-49-47-45-18-16-14-12-10-8-6-4-2)64-96-80-76(94)73(91)78(68(62-85)98-80)101-82-77(95)74(92)79(69(63-86)99-82)100-81-75(93)72(90)71(89)67(61-84)97-81/h15,17,20-21,65-69,71-82,84-87,89-95H,3-14,16,18-19,22-64H2,1-2H3,(H,83,88)/b17-15-,21-20-. The van der Waals surface area contributed by atoms with Gasteiger partial charge in [-0.05, 0) is 44.9 Å². The molecule has 0 aromatic carbocycles. The van der Waals surface area contributed by atoms with Crippen LogP contribution in [0, 0.1) is 0 Å². The molecule has 0 aliphatic carbocycles. The van der Waals surface area contributed by atoms with Gasteiger partial charge < -0.3 is 89.9 Å². The van der Waals surface area contributed by atoms with Crippen LogP contribution in [0.15, 0.2) is 24.3 Å². The van der Waals surface area contributed by atoms with E-state index in [9.17, 15) is 61.0 Å². The quantitative estimate of drug-likeness (QED) is 0.0199. The molecule has 0 aromatic rings. The number of ether oxygens (including phenoxy) is 6. The third-order valence-corrected chi connectivity index (χ3v) is 21.3. The van der Waals surface area contributed by atoms with Crippen LogP contribution >= 0.6 is 0 Å². The van der Waals surface area contributed by atoms with Crippen molar-refractivity contribution in [1.29, 1.82) is 0 Å². The first-order chi connectivity index (χ1) is 49.3. The molecule has 0 spiro atoms. The molecule has 1 amide bonds. The zero-order chi connectivity index (χ0) is 73.2. The Morgan fingerprint density at radius 3 is 1.01 bits per heavy atom. The molecule has 101 heavy (non-hydrogen) atoms. The van der Waals surface area contributed by atoms with Crippen molar-refractivity contribution in [2.24, 2.45) is 0 Å². The van der Waals surface area contributed by atoms with E-state index in [0.717, 1.165) is 51.4 Å². The lowest BCUT2D eigenvalue weighted by molar-refractivity contribution is -0.379. The van der Waals surface area contributed by atoms with Crippen molar-refractivity contribution in [2.45, 2.75) is 465 Å². The Morgan fingerprint density at radius 1 is 0.356 bits per heavy atom. The topological polar surface area (TPSA) is 307 Å². The van der Waals surface area contributed by atoms with Crippen LogP contribution in [0.1, 0.15) is 361 Å². The van der Waals surface area contributed by atoms with E-state index in [-0.39, 0.29) is 18.9 Å². The molecule has 596 valence electrons. The third-order valence-electron chi connectivity index (χ3n) is 21.3. The number of nitrogens with one attached hydrogen (secondary N) is 1. The molecule has 17 atom stereocenters. The lowest BCUT2D eigenvalue weighted by Gasteiger charge is -2.48. The van der Waals surface area contributed by atoms with Crippen molar-refractivity contribution >= 4 is 5.91 Å². The predicted molar refractivity (Wildman–Crippen MR) is 402 cm³/mol. The van der Waals surface area contributed by atoms with Crippen LogP contribution in [-0.4, -0.2) is 193 Å². The van der Waals surface area contributed by atoms with E-state index in [1.807, 2.05) is 0 Å². The van der Waals surface area contributed by atoms with Crippen LogP contribution in [0.25, 0.3) is 0 Å². The first kappa shape index (κ1) is 93.5. The summed E-state index contributed by atoms with van der Waals surface area (Å²) >= 11 is 0. The fraction of sp³-hybridized carbons (Fsp3) is 0.939. The van der Waals surface area contributed by atoms with Crippen LogP contribution in [-0.2, 0) is 33.2 Å². The Kier molecular flexibility index (Phi) is 58.5. The summed E-state index contributed by atoms with van der Waals surface area (Å²) in [6.45, 7) is 1.83. The number of unbranched alkanes of at least 4 members (excludes halogenated alkanes) is 48. The van der Waals surface area contributed by atoms with Crippen LogP contribution in [0.4, 0.5) is 0 Å². The number of aliphatic hydroxyl groups excluding tert-OH is 11. The van der Waals surface area contributed by atoms with E-state index in [2.05, 4.69) is 43.5 Å². The minimum Gasteiger partial charge on any atom is -0.394 e. The molecule has 17 unspecified atom stereocenters. The number of carbonyl (C=O) groups is 1. The van der Waals surface area contributed by atoms with E-state index in [4.69, 9.17) is 28.4 Å². The van der Waals surface area contributed by atoms with Gasteiger partial charge in [-0.2, -0.15) is 0 Å². The van der Waals surface area contributed by atoms with Crippen LogP contribution in [0.3, 0.4) is 0 Å². The SMILES string of the molecule is CCCCCCC/C=C\C/C=C\CCCCCCCCCCCCCCCCCCCCCCCCCCCCCCCC(=O)NC(COC1OC(CO)C(OC2OC(CO)C(OC3OC(CO)C(O)C(O)C3O)C(O)C2O)C(O)C1O)C(O)CCCCCCCCCCCCCCCCC. The molecule has 3 rings (SSSR count). The maximum atomic E-state index is 13.5. The van der Waals surface area contributed by atoms with Gasteiger partial charge >= 0.3 is 0 Å². The van der Waals surface area contributed by atoms with Crippen molar-refractivity contribution in [3.8, 4) is 0 Å². The van der Waals surface area contributed by atoms with Gasteiger partial charge in [0.05, 0.1) is 38.6 Å². The molecule has 19 heteroatoms. The molecule has 3 aliphatic heterocycles. The number of aliphatic hydroxyl groups is 11. The van der Waals surface area contributed by atoms with Gasteiger partial charge in [0.2, 0.25) is 5.91 Å². The summed E-state index contributed by atoms with van der Waals surface area (Å²) < 4.78 is 34.5. The minimum absolute atomic E-state index is 0.235. The third kappa shape index (κ3) is 43.2. The van der Waals surface area contributed by atoms with Crippen molar-refractivity contribution in [2.75, 3.05) is 26.4 Å². The van der Waals surface area contributed by atoms with Crippen LogP contribution in [0.5, 0.6) is 0 Å². The Balaban J connectivity index is 1.26. The van der Waals surface area contributed by atoms with E-state index in [0.29, 0.717) is 12.8 Å². The average Bonchev–Trinajstić information content (AvgIpc) is 0.782. The van der Waals surface area contributed by atoms with E-state index < -0.39 is 124 Å². The summed E-state index contributed by atoms with van der Waals surface area (Å²) in [5, 5.41) is 121. The lowest BCUT2D eigenvalue weighted by Crippen LogP contribution is -2.66. The smallest absolute Gasteiger partial charge is 0.220 e. The van der Waals surface area contributed by atoms with Gasteiger partial charge in [-0.1, -0.05) is 334 Å². The van der Waals surface area contributed by atoms with Crippen molar-refractivity contribution < 1.29 is 89.4 Å². The first-order valence-electron chi connectivity index (χ1n) is 42.1. The minimum atomic E-state index is -1.97. The van der Waals surface area contributed by atoms with Gasteiger partial charge in [0.1, 0.15) is 73.2 Å². The number of rotatable bonds is 68. The molecule has 0 bridgehead atoms. The highest BCUT2D eigenvalue weighted by atomic mass is 16.8. The average molecular weight is 1440 g/mol. The zero-order valence-corrected chi connectivity index (χ0v) is 63.9. The van der Waals surface area contributed by atoms with Crippen LogP contribution < -0.4 is 5.32 Å². The fourth-order valence-corrected chi connectivity index (χ4v) is 14.5. The second-order valence-electron chi connectivity index (χ2n) is 30.3. The summed E-state index contributed by atoms with van der Waals surface area (Å²) in [5.74, 6) is -0.235. The maximum absolute atomic E-state index is 13.5. The second-order valence-corrected chi connectivity index (χ2v) is 30.3. The Morgan fingerprint density at radius 2 is 0.653 bits per heavy atom. The molecule has 3 saturated heterocycles. The Hall–Kier alpha value is -1.73. The number of allylic oxidation sites excluding steroid dienone is 4. The highest BCUT2D eigenvalue weighted by Gasteiger charge is 2.54. The van der Waals surface area contributed by atoms with Gasteiger partial charge in [0.15, 0.2) is 18.9 Å². The summed E-state index contributed by atoms with van der Waals surface area (Å²) in [5.41, 5.74) is 0. The molecule has 0 aromatic heterocycles. The highest BCUT2D eigenvalue weighted by Crippen LogP contribution is 2.33. The molecular formula is C82H155NO18. The van der Waals surface area contributed by atoms with E-state index >= 15 is 0 Å². The predicted octanol–water partition coefficient (Wildman–Crippen LogP) is 14.5. The lowest BCUT2D eigenvalue weighted by atomic mass is 9.96. The number of amides is 1. The summed E-state index contributed by atoms with van der Waals surface area (Å²) in [6.07, 6.45) is 50.2. The number of hydrogen-bond acceptors (Lipinski definition) is 18. The molecule has 0 radical (unpaired) electrons. The number of hydrogen-bond donors (Lipinski definition) is 12. The molecular weight excluding hydrogens is 1290 g/mol. The van der Waals surface area contributed by atoms with Crippen molar-refractivity contribution in [1.82, 2.24) is 5.32 Å². The van der Waals surface area contributed by atoms with E-state index in [1.165, 1.54) is 276 Å². The summed E-state index contributed by atoms with van der Waals surface area (Å²) in [4.78, 5) is 13.5. The molecule has 0 saturated carbocycles. The molecule has 3 aliphatic rings. The Bertz CT molecular complexity index is 1920.